The summed E-state index contributed by atoms with van der Waals surface area (Å²) in [6.45, 7) is 9.34. The zero-order chi connectivity index (χ0) is 14.5. The third-order valence-corrected chi connectivity index (χ3v) is 3.98. The summed E-state index contributed by atoms with van der Waals surface area (Å²) in [6.07, 6.45) is 0.995. The van der Waals surface area contributed by atoms with Crippen molar-refractivity contribution < 1.29 is 8.78 Å². The molecule has 1 aromatic carbocycles. The van der Waals surface area contributed by atoms with Crippen molar-refractivity contribution in [3.63, 3.8) is 0 Å². The van der Waals surface area contributed by atoms with Gasteiger partial charge in [0.15, 0.2) is 0 Å². The highest BCUT2D eigenvalue weighted by atomic mass is 32.2. The highest BCUT2D eigenvalue weighted by molar-refractivity contribution is 8.00. The van der Waals surface area contributed by atoms with Gasteiger partial charge in [-0.25, -0.2) is 8.78 Å². The lowest BCUT2D eigenvalue weighted by molar-refractivity contribution is 0.547. The molecule has 0 saturated heterocycles. The Kier molecular flexibility index (Phi) is 6.27. The molecule has 0 amide bonds. The average Bonchev–Trinajstić information content (AvgIpc) is 2.26. The average molecular weight is 287 g/mol. The molecule has 0 spiro atoms. The lowest BCUT2D eigenvalue weighted by atomic mass is 10.1. The molecular formula is C15H23F2NS. The van der Waals surface area contributed by atoms with Gasteiger partial charge in [0.1, 0.15) is 11.6 Å². The van der Waals surface area contributed by atoms with E-state index in [4.69, 9.17) is 0 Å². The van der Waals surface area contributed by atoms with Gasteiger partial charge in [0.2, 0.25) is 0 Å². The standard InChI is InChI=1S/C15H23F2NS/c1-5-6-18-14(10-19-15(2,3)4)11-7-12(16)9-13(17)8-11/h7-9,14,18H,5-6,10H2,1-4H3. The van der Waals surface area contributed by atoms with E-state index in [9.17, 15) is 8.78 Å². The maximum Gasteiger partial charge on any atom is 0.126 e. The largest absolute Gasteiger partial charge is 0.309 e. The van der Waals surface area contributed by atoms with Gasteiger partial charge in [-0.15, -0.1) is 0 Å². The summed E-state index contributed by atoms with van der Waals surface area (Å²) in [7, 11) is 0. The first-order valence-corrected chi connectivity index (χ1v) is 7.63. The zero-order valence-corrected chi connectivity index (χ0v) is 12.9. The highest BCUT2D eigenvalue weighted by Gasteiger charge is 2.18. The second-order valence-electron chi connectivity index (χ2n) is 5.63. The van der Waals surface area contributed by atoms with E-state index in [1.54, 1.807) is 11.8 Å². The molecule has 0 saturated carbocycles. The summed E-state index contributed by atoms with van der Waals surface area (Å²) in [5.74, 6) is -0.232. The fourth-order valence-corrected chi connectivity index (χ4v) is 2.68. The Morgan fingerprint density at radius 2 is 1.74 bits per heavy atom. The number of hydrogen-bond donors (Lipinski definition) is 1. The number of nitrogens with one attached hydrogen (secondary N) is 1. The quantitative estimate of drug-likeness (QED) is 0.824. The van der Waals surface area contributed by atoms with Gasteiger partial charge < -0.3 is 5.32 Å². The van der Waals surface area contributed by atoms with Gasteiger partial charge in [-0.1, -0.05) is 27.7 Å². The first-order chi connectivity index (χ1) is 8.81. The van der Waals surface area contributed by atoms with Crippen LogP contribution in [0.4, 0.5) is 8.78 Å². The van der Waals surface area contributed by atoms with Gasteiger partial charge in [0.05, 0.1) is 0 Å². The van der Waals surface area contributed by atoms with Crippen LogP contribution >= 0.6 is 11.8 Å². The molecule has 108 valence electrons. The van der Waals surface area contributed by atoms with Crippen LogP contribution in [0, 0.1) is 11.6 Å². The fraction of sp³-hybridized carbons (Fsp3) is 0.600. The van der Waals surface area contributed by atoms with Gasteiger partial charge in [-0.2, -0.15) is 11.8 Å². The minimum atomic E-state index is -0.515. The van der Waals surface area contributed by atoms with Crippen LogP contribution in [0.15, 0.2) is 18.2 Å². The minimum Gasteiger partial charge on any atom is -0.309 e. The summed E-state index contributed by atoms with van der Waals surface area (Å²) in [5, 5.41) is 3.36. The molecular weight excluding hydrogens is 264 g/mol. The Labute approximate surface area is 119 Å². The van der Waals surface area contributed by atoms with Crippen molar-refractivity contribution in [2.45, 2.75) is 44.9 Å². The third-order valence-electron chi connectivity index (χ3n) is 2.61. The van der Waals surface area contributed by atoms with Gasteiger partial charge >= 0.3 is 0 Å². The van der Waals surface area contributed by atoms with Gasteiger partial charge in [0.25, 0.3) is 0 Å². The van der Waals surface area contributed by atoms with E-state index >= 15 is 0 Å². The molecule has 1 nitrogen and oxygen atoms in total. The minimum absolute atomic E-state index is 0.0191. The van der Waals surface area contributed by atoms with Crippen LogP contribution in [0.1, 0.15) is 45.7 Å². The second kappa shape index (κ2) is 7.25. The molecule has 0 aliphatic rings. The van der Waals surface area contributed by atoms with E-state index in [1.807, 2.05) is 0 Å². The first kappa shape index (κ1) is 16.4. The summed E-state index contributed by atoms with van der Waals surface area (Å²) in [4.78, 5) is 0. The van der Waals surface area contributed by atoms with Crippen LogP contribution in [-0.4, -0.2) is 17.0 Å². The second-order valence-corrected chi connectivity index (χ2v) is 7.48. The predicted molar refractivity (Wildman–Crippen MR) is 79.6 cm³/mol. The van der Waals surface area contributed by atoms with E-state index in [-0.39, 0.29) is 10.8 Å². The molecule has 0 aromatic heterocycles. The molecule has 19 heavy (non-hydrogen) atoms. The van der Waals surface area contributed by atoms with Crippen molar-refractivity contribution in [3.05, 3.63) is 35.4 Å². The maximum absolute atomic E-state index is 13.3. The molecule has 0 aliphatic heterocycles. The molecule has 1 aromatic rings. The number of halogens is 2. The van der Waals surface area contributed by atoms with E-state index < -0.39 is 11.6 Å². The van der Waals surface area contributed by atoms with Crippen LogP contribution in [-0.2, 0) is 0 Å². The number of benzene rings is 1. The van der Waals surface area contributed by atoms with Crippen LogP contribution < -0.4 is 5.32 Å². The van der Waals surface area contributed by atoms with Crippen molar-refractivity contribution in [1.82, 2.24) is 5.32 Å². The van der Waals surface area contributed by atoms with Crippen molar-refractivity contribution in [2.24, 2.45) is 0 Å². The van der Waals surface area contributed by atoms with E-state index in [0.717, 1.165) is 24.8 Å². The smallest absolute Gasteiger partial charge is 0.126 e. The fourth-order valence-electron chi connectivity index (χ4n) is 1.70. The molecule has 0 radical (unpaired) electrons. The Hall–Kier alpha value is -0.610. The first-order valence-electron chi connectivity index (χ1n) is 6.65. The van der Waals surface area contributed by atoms with E-state index in [2.05, 4.69) is 33.0 Å². The monoisotopic (exact) mass is 287 g/mol. The zero-order valence-electron chi connectivity index (χ0n) is 12.1. The molecule has 0 bridgehead atoms. The van der Waals surface area contributed by atoms with Crippen molar-refractivity contribution in [2.75, 3.05) is 12.3 Å². The van der Waals surface area contributed by atoms with Crippen molar-refractivity contribution in [1.29, 1.82) is 0 Å². The van der Waals surface area contributed by atoms with Crippen LogP contribution in [0.5, 0.6) is 0 Å². The Bertz CT molecular complexity index is 381. The predicted octanol–water partition coefficient (Wildman–Crippen LogP) is 4.54. The van der Waals surface area contributed by atoms with Crippen LogP contribution in [0.3, 0.4) is 0 Å². The lowest BCUT2D eigenvalue weighted by Crippen LogP contribution is -2.26. The number of thioether (sulfide) groups is 1. The van der Waals surface area contributed by atoms with Crippen molar-refractivity contribution >= 4 is 11.8 Å². The van der Waals surface area contributed by atoms with Gasteiger partial charge in [-0.3, -0.25) is 0 Å². The SMILES string of the molecule is CCCNC(CSC(C)(C)C)c1cc(F)cc(F)c1. The van der Waals surface area contributed by atoms with Crippen molar-refractivity contribution in [3.8, 4) is 0 Å². The summed E-state index contributed by atoms with van der Waals surface area (Å²) >= 11 is 1.79. The molecule has 0 heterocycles. The Morgan fingerprint density at radius 3 is 2.21 bits per heavy atom. The maximum atomic E-state index is 13.3. The number of hydrogen-bond acceptors (Lipinski definition) is 2. The van der Waals surface area contributed by atoms with Gasteiger partial charge in [0, 0.05) is 22.6 Å². The van der Waals surface area contributed by atoms with Gasteiger partial charge in [-0.05, 0) is 30.7 Å². The Balaban J connectivity index is 2.82. The topological polar surface area (TPSA) is 12.0 Å². The highest BCUT2D eigenvalue weighted by Crippen LogP contribution is 2.29. The molecule has 0 fully saturated rings. The van der Waals surface area contributed by atoms with Crippen LogP contribution in [0.25, 0.3) is 0 Å². The molecule has 4 heteroatoms. The van der Waals surface area contributed by atoms with Crippen LogP contribution in [0.2, 0.25) is 0 Å². The molecule has 1 atom stereocenters. The Morgan fingerprint density at radius 1 is 1.16 bits per heavy atom. The molecule has 1 unspecified atom stereocenters. The van der Waals surface area contributed by atoms with E-state index in [1.165, 1.54) is 12.1 Å². The normalized spacial score (nSPS) is 13.6. The summed E-state index contributed by atoms with van der Waals surface area (Å²) < 4.78 is 26.8. The molecule has 0 aliphatic carbocycles. The molecule has 1 N–H and O–H groups in total. The van der Waals surface area contributed by atoms with E-state index in [0.29, 0.717) is 5.56 Å². The summed E-state index contributed by atoms with van der Waals surface area (Å²) in [5.41, 5.74) is 0.683. The lowest BCUT2D eigenvalue weighted by Gasteiger charge is -2.24. The molecule has 1 rings (SSSR count). The third kappa shape index (κ3) is 6.39. The summed E-state index contributed by atoms with van der Waals surface area (Å²) in [6, 6.07) is 3.73. The number of rotatable bonds is 6.